The molecule has 0 N–H and O–H groups in total. The van der Waals surface area contributed by atoms with Crippen molar-refractivity contribution in [3.05, 3.63) is 24.3 Å². The van der Waals surface area contributed by atoms with Gasteiger partial charge in [-0.15, -0.1) is 0 Å². The molecular formula is C19H29NO5S2. The van der Waals surface area contributed by atoms with E-state index in [1.165, 1.54) is 12.1 Å². The first-order valence-corrected chi connectivity index (χ1v) is 12.9. The maximum atomic E-state index is 13.3. The zero-order valence-electron chi connectivity index (χ0n) is 16.2. The monoisotopic (exact) mass is 415 g/mol. The normalized spacial score (nSPS) is 31.7. The van der Waals surface area contributed by atoms with Crippen molar-refractivity contribution in [2.24, 2.45) is 11.8 Å². The Bertz CT molecular complexity index is 854. The van der Waals surface area contributed by atoms with Gasteiger partial charge in [0.2, 0.25) is 0 Å². The summed E-state index contributed by atoms with van der Waals surface area (Å²) in [5, 5.41) is -0.919. The lowest BCUT2D eigenvalue weighted by atomic mass is 9.91. The van der Waals surface area contributed by atoms with E-state index in [-0.39, 0.29) is 16.4 Å². The maximum Gasteiger partial charge on any atom is 0.183 e. The largest absolute Gasteiger partial charge is 0.494 e. The van der Waals surface area contributed by atoms with E-state index in [9.17, 15) is 16.8 Å². The van der Waals surface area contributed by atoms with E-state index in [2.05, 4.69) is 18.7 Å². The molecule has 27 heavy (non-hydrogen) atoms. The van der Waals surface area contributed by atoms with Crippen molar-refractivity contribution in [1.82, 2.24) is 4.90 Å². The van der Waals surface area contributed by atoms with E-state index in [0.29, 0.717) is 24.2 Å². The Hall–Kier alpha value is -1.12. The standard InChI is InChI=1S/C19H29NO5S2/c1-4-25-16-5-7-17(8-6-16)27(23,24)19-13-26(21,22)12-18(19)20-10-14(2)9-15(3)11-20/h5-8,14-15,18-19H,4,9-13H2,1-3H3. The summed E-state index contributed by atoms with van der Waals surface area (Å²) < 4.78 is 56.7. The summed E-state index contributed by atoms with van der Waals surface area (Å²) in [5.74, 6) is 1.10. The third-order valence-corrected chi connectivity index (χ3v) is 9.63. The van der Waals surface area contributed by atoms with Gasteiger partial charge >= 0.3 is 0 Å². The molecule has 0 amide bonds. The summed E-state index contributed by atoms with van der Waals surface area (Å²) in [4.78, 5) is 2.26. The number of rotatable bonds is 5. The summed E-state index contributed by atoms with van der Waals surface area (Å²) in [6.45, 7) is 8.14. The number of hydrogen-bond donors (Lipinski definition) is 0. The number of sulfone groups is 2. The third-order valence-electron chi connectivity index (χ3n) is 5.50. The van der Waals surface area contributed by atoms with E-state index in [1.54, 1.807) is 12.1 Å². The zero-order valence-corrected chi connectivity index (χ0v) is 17.8. The van der Waals surface area contributed by atoms with Gasteiger partial charge in [-0.3, -0.25) is 4.90 Å². The zero-order chi connectivity index (χ0) is 19.8. The molecule has 0 radical (unpaired) electrons. The lowest BCUT2D eigenvalue weighted by Gasteiger charge is -2.40. The minimum atomic E-state index is -3.75. The van der Waals surface area contributed by atoms with Crippen LogP contribution < -0.4 is 4.74 Å². The average molecular weight is 416 g/mol. The Morgan fingerprint density at radius 3 is 2.22 bits per heavy atom. The van der Waals surface area contributed by atoms with Crippen molar-refractivity contribution in [3.8, 4) is 5.75 Å². The van der Waals surface area contributed by atoms with Crippen molar-refractivity contribution >= 4 is 19.7 Å². The molecule has 8 heteroatoms. The van der Waals surface area contributed by atoms with E-state index < -0.39 is 31.0 Å². The van der Waals surface area contributed by atoms with Crippen molar-refractivity contribution in [3.63, 3.8) is 0 Å². The highest BCUT2D eigenvalue weighted by Crippen LogP contribution is 2.33. The van der Waals surface area contributed by atoms with Gasteiger partial charge in [0.25, 0.3) is 0 Å². The molecule has 2 fully saturated rings. The van der Waals surface area contributed by atoms with Gasteiger partial charge in [0.05, 0.1) is 28.3 Å². The minimum absolute atomic E-state index is 0.0760. The highest BCUT2D eigenvalue weighted by molar-refractivity contribution is 7.96. The lowest BCUT2D eigenvalue weighted by Crippen LogP contribution is -2.51. The Balaban J connectivity index is 1.91. The van der Waals surface area contributed by atoms with Gasteiger partial charge in [0.1, 0.15) is 5.75 Å². The molecule has 1 aromatic rings. The Morgan fingerprint density at radius 1 is 1.07 bits per heavy atom. The molecule has 0 saturated carbocycles. The van der Waals surface area contributed by atoms with Crippen molar-refractivity contribution in [2.45, 2.75) is 43.4 Å². The van der Waals surface area contributed by atoms with Crippen LogP contribution in [0.1, 0.15) is 27.2 Å². The third kappa shape index (κ3) is 4.49. The first-order chi connectivity index (χ1) is 12.6. The highest BCUT2D eigenvalue weighted by Gasteiger charge is 2.49. The molecule has 0 aromatic heterocycles. The van der Waals surface area contributed by atoms with Crippen LogP contribution >= 0.6 is 0 Å². The summed E-state index contributed by atoms with van der Waals surface area (Å²) in [6, 6.07) is 5.81. The van der Waals surface area contributed by atoms with Crippen LogP contribution in [0.5, 0.6) is 5.75 Å². The molecule has 2 aliphatic rings. The number of likely N-dealkylation sites (tertiary alicyclic amines) is 1. The van der Waals surface area contributed by atoms with Gasteiger partial charge in [-0.05, 0) is 49.4 Å². The van der Waals surface area contributed by atoms with Crippen LogP contribution in [-0.4, -0.2) is 64.2 Å². The second kappa shape index (κ2) is 7.72. The summed E-state index contributed by atoms with van der Waals surface area (Å²) in [6.07, 6.45) is 1.09. The second-order valence-corrected chi connectivity index (χ2v) is 12.4. The first-order valence-electron chi connectivity index (χ1n) is 9.53. The van der Waals surface area contributed by atoms with E-state index >= 15 is 0 Å². The predicted octanol–water partition coefficient (Wildman–Crippen LogP) is 2.00. The second-order valence-electron chi connectivity index (χ2n) is 8.03. The smallest absolute Gasteiger partial charge is 0.183 e. The lowest BCUT2D eigenvalue weighted by molar-refractivity contribution is 0.107. The van der Waals surface area contributed by atoms with Crippen LogP contribution in [0.4, 0.5) is 0 Å². The molecule has 2 heterocycles. The highest BCUT2D eigenvalue weighted by atomic mass is 32.2. The maximum absolute atomic E-state index is 13.3. The minimum Gasteiger partial charge on any atom is -0.494 e. The van der Waals surface area contributed by atoms with Crippen LogP contribution in [0.15, 0.2) is 29.2 Å². The Morgan fingerprint density at radius 2 is 1.67 bits per heavy atom. The Kier molecular flexibility index (Phi) is 5.89. The molecule has 0 bridgehead atoms. The van der Waals surface area contributed by atoms with Crippen LogP contribution in [0, 0.1) is 11.8 Å². The number of piperidine rings is 1. The number of ether oxygens (including phenoxy) is 1. The molecule has 4 atom stereocenters. The van der Waals surface area contributed by atoms with Gasteiger partial charge in [-0.1, -0.05) is 13.8 Å². The van der Waals surface area contributed by atoms with Gasteiger partial charge in [-0.2, -0.15) is 0 Å². The number of benzene rings is 1. The van der Waals surface area contributed by atoms with Crippen LogP contribution in [0.25, 0.3) is 0 Å². The molecule has 0 spiro atoms. The number of hydrogen-bond acceptors (Lipinski definition) is 6. The fourth-order valence-electron chi connectivity index (χ4n) is 4.48. The molecule has 1 aromatic carbocycles. The topological polar surface area (TPSA) is 80.8 Å². The molecule has 6 nitrogen and oxygen atoms in total. The molecule has 2 aliphatic heterocycles. The summed E-state index contributed by atoms with van der Waals surface area (Å²) in [7, 11) is -7.13. The van der Waals surface area contributed by atoms with Gasteiger partial charge in [0, 0.05) is 19.1 Å². The first kappa shape index (κ1) is 20.6. The van der Waals surface area contributed by atoms with E-state index in [0.717, 1.165) is 19.5 Å². The number of nitrogens with zero attached hydrogens (tertiary/aromatic N) is 1. The van der Waals surface area contributed by atoms with Crippen LogP contribution in [0.2, 0.25) is 0 Å². The molecule has 152 valence electrons. The van der Waals surface area contributed by atoms with Gasteiger partial charge in [-0.25, -0.2) is 16.8 Å². The summed E-state index contributed by atoms with van der Waals surface area (Å²) >= 11 is 0. The predicted molar refractivity (Wildman–Crippen MR) is 106 cm³/mol. The van der Waals surface area contributed by atoms with Gasteiger partial charge in [0.15, 0.2) is 19.7 Å². The van der Waals surface area contributed by atoms with Crippen LogP contribution in [0.3, 0.4) is 0 Å². The fraction of sp³-hybridized carbons (Fsp3) is 0.684. The van der Waals surface area contributed by atoms with Crippen molar-refractivity contribution in [1.29, 1.82) is 0 Å². The average Bonchev–Trinajstić information content (AvgIpc) is 2.91. The SMILES string of the molecule is CCOc1ccc(S(=O)(=O)C2CS(=O)(=O)CC2N2CC(C)CC(C)C2)cc1. The van der Waals surface area contributed by atoms with Gasteiger partial charge < -0.3 is 4.74 Å². The van der Waals surface area contributed by atoms with E-state index in [4.69, 9.17) is 4.74 Å². The molecule has 0 aliphatic carbocycles. The summed E-state index contributed by atoms with van der Waals surface area (Å²) in [5.41, 5.74) is 0. The molecule has 3 rings (SSSR count). The Labute approximate surface area is 162 Å². The molecule has 4 unspecified atom stereocenters. The fourth-order valence-corrected chi connectivity index (χ4v) is 9.31. The molecule has 2 saturated heterocycles. The van der Waals surface area contributed by atoms with E-state index in [1.807, 2.05) is 6.92 Å². The van der Waals surface area contributed by atoms with Crippen molar-refractivity contribution < 1.29 is 21.6 Å². The quantitative estimate of drug-likeness (QED) is 0.732. The van der Waals surface area contributed by atoms with Crippen LogP contribution in [-0.2, 0) is 19.7 Å². The van der Waals surface area contributed by atoms with Crippen molar-refractivity contribution in [2.75, 3.05) is 31.2 Å². The molecular weight excluding hydrogens is 386 g/mol.